The van der Waals surface area contributed by atoms with Gasteiger partial charge in [0.2, 0.25) is 0 Å². The second-order valence-electron chi connectivity index (χ2n) is 3.89. The summed E-state index contributed by atoms with van der Waals surface area (Å²) in [6.07, 6.45) is 1.40. The lowest BCUT2D eigenvalue weighted by molar-refractivity contribution is 0.0690. The number of carboxylic acids is 1. The molecule has 2 N–H and O–H groups in total. The third kappa shape index (κ3) is 2.65. The van der Waals surface area contributed by atoms with E-state index in [-0.39, 0.29) is 5.69 Å². The van der Waals surface area contributed by atoms with E-state index in [1.165, 1.54) is 10.9 Å². The van der Waals surface area contributed by atoms with Gasteiger partial charge in [-0.2, -0.15) is 5.10 Å². The van der Waals surface area contributed by atoms with Crippen LogP contribution in [-0.2, 0) is 13.6 Å². The van der Waals surface area contributed by atoms with Gasteiger partial charge in [-0.15, -0.1) is 5.10 Å². The summed E-state index contributed by atoms with van der Waals surface area (Å²) >= 11 is 0. The molecule has 96 valence electrons. The highest BCUT2D eigenvalue weighted by atomic mass is 16.4. The number of hydrogen-bond donors (Lipinski definition) is 2. The molecule has 0 aliphatic rings. The van der Waals surface area contributed by atoms with Crippen LogP contribution in [0.15, 0.2) is 12.3 Å². The standard InChI is InChI=1S/C10H14N6O2/c1-7-5-9(13-15(7)2)11-3-4-16-6-8(10(17)18)12-14-16/h5-6H,3-4H2,1-2H3,(H,11,13)(H,17,18). The van der Waals surface area contributed by atoms with Crippen LogP contribution in [0, 0.1) is 6.92 Å². The van der Waals surface area contributed by atoms with Crippen molar-refractivity contribution in [2.45, 2.75) is 13.5 Å². The van der Waals surface area contributed by atoms with E-state index in [0.717, 1.165) is 11.5 Å². The number of carbonyl (C=O) groups is 1. The summed E-state index contributed by atoms with van der Waals surface area (Å²) in [4.78, 5) is 10.6. The summed E-state index contributed by atoms with van der Waals surface area (Å²) < 4.78 is 3.26. The van der Waals surface area contributed by atoms with E-state index in [9.17, 15) is 4.79 Å². The Hall–Kier alpha value is -2.38. The van der Waals surface area contributed by atoms with Crippen molar-refractivity contribution in [1.82, 2.24) is 24.8 Å². The molecule has 0 atom stereocenters. The van der Waals surface area contributed by atoms with E-state index in [2.05, 4.69) is 20.7 Å². The van der Waals surface area contributed by atoms with Gasteiger partial charge >= 0.3 is 5.97 Å². The molecule has 0 aliphatic carbocycles. The second-order valence-corrected chi connectivity index (χ2v) is 3.89. The maximum absolute atomic E-state index is 10.6. The summed E-state index contributed by atoms with van der Waals surface area (Å²) in [5, 5.41) is 23.3. The Balaban J connectivity index is 1.86. The van der Waals surface area contributed by atoms with Gasteiger partial charge in [0.1, 0.15) is 5.82 Å². The zero-order valence-corrected chi connectivity index (χ0v) is 10.2. The highest BCUT2D eigenvalue weighted by Gasteiger charge is 2.07. The van der Waals surface area contributed by atoms with Crippen molar-refractivity contribution in [1.29, 1.82) is 0 Å². The van der Waals surface area contributed by atoms with E-state index in [1.54, 1.807) is 4.68 Å². The number of anilines is 1. The average molecular weight is 250 g/mol. The van der Waals surface area contributed by atoms with Crippen molar-refractivity contribution in [3.63, 3.8) is 0 Å². The van der Waals surface area contributed by atoms with Crippen molar-refractivity contribution >= 4 is 11.8 Å². The number of nitrogens with zero attached hydrogens (tertiary/aromatic N) is 5. The molecule has 0 aromatic carbocycles. The molecule has 2 aromatic rings. The first-order chi connectivity index (χ1) is 8.56. The van der Waals surface area contributed by atoms with Crippen LogP contribution in [0.5, 0.6) is 0 Å². The van der Waals surface area contributed by atoms with E-state index < -0.39 is 5.97 Å². The molecule has 0 amide bonds. The number of aryl methyl sites for hydroxylation is 2. The Kier molecular flexibility index (Phi) is 3.26. The van der Waals surface area contributed by atoms with Crippen LogP contribution < -0.4 is 5.32 Å². The van der Waals surface area contributed by atoms with E-state index in [1.807, 2.05) is 20.0 Å². The fourth-order valence-electron chi connectivity index (χ4n) is 1.45. The Morgan fingerprint density at radius 1 is 1.56 bits per heavy atom. The van der Waals surface area contributed by atoms with Crippen LogP contribution in [0.2, 0.25) is 0 Å². The fraction of sp³-hybridized carbons (Fsp3) is 0.400. The van der Waals surface area contributed by atoms with E-state index >= 15 is 0 Å². The SMILES string of the molecule is Cc1cc(NCCn2cc(C(=O)O)nn2)nn1C. The predicted molar refractivity (Wildman–Crippen MR) is 63.4 cm³/mol. The van der Waals surface area contributed by atoms with Gasteiger partial charge < -0.3 is 10.4 Å². The first-order valence-corrected chi connectivity index (χ1v) is 5.44. The normalized spacial score (nSPS) is 10.6. The minimum absolute atomic E-state index is 0.0521. The van der Waals surface area contributed by atoms with Crippen molar-refractivity contribution in [2.24, 2.45) is 7.05 Å². The molecule has 0 bridgehead atoms. The van der Waals surface area contributed by atoms with Crippen molar-refractivity contribution in [3.8, 4) is 0 Å². The van der Waals surface area contributed by atoms with Gasteiger partial charge in [-0.05, 0) is 6.92 Å². The summed E-state index contributed by atoms with van der Waals surface area (Å²) in [5.41, 5.74) is 1.01. The number of carboxylic acid groups (broad SMARTS) is 1. The Bertz CT molecular complexity index is 539. The third-order valence-corrected chi connectivity index (χ3v) is 2.52. The molecule has 0 saturated heterocycles. The Morgan fingerprint density at radius 3 is 2.89 bits per heavy atom. The Labute approximate surface area is 103 Å². The maximum atomic E-state index is 10.6. The van der Waals surface area contributed by atoms with Gasteiger partial charge in [0, 0.05) is 25.4 Å². The molecule has 2 heterocycles. The summed E-state index contributed by atoms with van der Waals surface area (Å²) in [5.74, 6) is -0.289. The Morgan fingerprint density at radius 2 is 2.33 bits per heavy atom. The smallest absolute Gasteiger partial charge is 0.358 e. The molecular formula is C10H14N6O2. The van der Waals surface area contributed by atoms with E-state index in [0.29, 0.717) is 13.1 Å². The second kappa shape index (κ2) is 4.86. The summed E-state index contributed by atoms with van der Waals surface area (Å²) in [6.45, 7) is 3.09. The quantitative estimate of drug-likeness (QED) is 0.782. The largest absolute Gasteiger partial charge is 0.476 e. The molecule has 8 nitrogen and oxygen atoms in total. The van der Waals surface area contributed by atoms with Crippen LogP contribution in [0.25, 0.3) is 0 Å². The topological polar surface area (TPSA) is 97.9 Å². The molecule has 0 saturated carbocycles. The first kappa shape index (κ1) is 12.1. The van der Waals surface area contributed by atoms with Gasteiger partial charge in [-0.3, -0.25) is 4.68 Å². The lowest BCUT2D eigenvalue weighted by Crippen LogP contribution is -2.11. The fourth-order valence-corrected chi connectivity index (χ4v) is 1.45. The van der Waals surface area contributed by atoms with Crippen LogP contribution in [0.4, 0.5) is 5.82 Å². The molecule has 0 spiro atoms. The van der Waals surface area contributed by atoms with E-state index in [4.69, 9.17) is 5.11 Å². The van der Waals surface area contributed by atoms with Crippen LogP contribution in [0.3, 0.4) is 0 Å². The molecule has 0 unspecified atom stereocenters. The van der Waals surface area contributed by atoms with Crippen LogP contribution in [0.1, 0.15) is 16.2 Å². The van der Waals surface area contributed by atoms with Gasteiger partial charge in [-0.1, -0.05) is 5.21 Å². The maximum Gasteiger partial charge on any atom is 0.358 e. The lowest BCUT2D eigenvalue weighted by Gasteiger charge is -2.01. The minimum atomic E-state index is -1.07. The number of hydrogen-bond acceptors (Lipinski definition) is 5. The zero-order chi connectivity index (χ0) is 13.1. The first-order valence-electron chi connectivity index (χ1n) is 5.44. The van der Waals surface area contributed by atoms with Crippen LogP contribution in [-0.4, -0.2) is 42.4 Å². The number of rotatable bonds is 5. The van der Waals surface area contributed by atoms with Gasteiger partial charge in [-0.25, -0.2) is 9.48 Å². The lowest BCUT2D eigenvalue weighted by atomic mass is 10.4. The molecule has 18 heavy (non-hydrogen) atoms. The number of aromatic nitrogens is 5. The van der Waals surface area contributed by atoms with Gasteiger partial charge in [0.25, 0.3) is 0 Å². The summed E-state index contributed by atoms with van der Waals surface area (Å²) in [6, 6.07) is 1.93. The van der Waals surface area contributed by atoms with Gasteiger partial charge in [0.15, 0.2) is 5.69 Å². The monoisotopic (exact) mass is 250 g/mol. The predicted octanol–water partition coefficient (Wildman–Crippen LogP) is 0.130. The number of aromatic carboxylic acids is 1. The van der Waals surface area contributed by atoms with Gasteiger partial charge in [0.05, 0.1) is 12.7 Å². The molecule has 0 aliphatic heterocycles. The molecule has 2 aromatic heterocycles. The summed E-state index contributed by atoms with van der Waals surface area (Å²) in [7, 11) is 1.87. The molecule has 8 heteroatoms. The third-order valence-electron chi connectivity index (χ3n) is 2.52. The van der Waals surface area contributed by atoms with Crippen molar-refractivity contribution in [2.75, 3.05) is 11.9 Å². The van der Waals surface area contributed by atoms with Crippen LogP contribution >= 0.6 is 0 Å². The zero-order valence-electron chi connectivity index (χ0n) is 10.2. The van der Waals surface area contributed by atoms with Crippen molar-refractivity contribution < 1.29 is 9.90 Å². The average Bonchev–Trinajstić information content (AvgIpc) is 2.88. The van der Waals surface area contributed by atoms with Crippen molar-refractivity contribution in [3.05, 3.63) is 23.7 Å². The molecule has 0 radical (unpaired) electrons. The number of nitrogens with one attached hydrogen (secondary N) is 1. The highest BCUT2D eigenvalue weighted by molar-refractivity contribution is 5.84. The molecule has 0 fully saturated rings. The highest BCUT2D eigenvalue weighted by Crippen LogP contribution is 2.06. The molecular weight excluding hydrogens is 236 g/mol. The minimum Gasteiger partial charge on any atom is -0.476 e. The molecule has 2 rings (SSSR count).